The number of carbonyl (C=O) groups is 2. The van der Waals surface area contributed by atoms with Gasteiger partial charge in [0.25, 0.3) is 0 Å². The maximum absolute atomic E-state index is 11.8. The van der Waals surface area contributed by atoms with E-state index in [-0.39, 0.29) is 24.3 Å². The second-order valence-corrected chi connectivity index (χ2v) is 4.92. The lowest BCUT2D eigenvalue weighted by Gasteiger charge is -2.08. The predicted octanol–water partition coefficient (Wildman–Crippen LogP) is 1.70. The third kappa shape index (κ3) is 2.77. The Morgan fingerprint density at radius 2 is 2.00 bits per heavy atom. The Morgan fingerprint density at radius 3 is 2.80 bits per heavy atom. The average molecular weight is 269 g/mol. The molecule has 0 atom stereocenters. The summed E-state index contributed by atoms with van der Waals surface area (Å²) in [7, 11) is 0. The fourth-order valence-corrected chi connectivity index (χ4v) is 2.06. The van der Waals surface area contributed by atoms with Gasteiger partial charge in [-0.25, -0.2) is 0 Å². The van der Waals surface area contributed by atoms with Crippen LogP contribution in [-0.4, -0.2) is 23.3 Å². The zero-order valence-corrected chi connectivity index (χ0v) is 10.9. The predicted molar refractivity (Wildman–Crippen MR) is 76.1 cm³/mol. The number of anilines is 1. The largest absolute Gasteiger partial charge is 0.347 e. The van der Waals surface area contributed by atoms with Gasteiger partial charge in [0, 0.05) is 17.5 Å². The highest BCUT2D eigenvalue weighted by Crippen LogP contribution is 2.28. The van der Waals surface area contributed by atoms with E-state index < -0.39 is 0 Å². The van der Waals surface area contributed by atoms with Crippen molar-refractivity contribution in [2.75, 3.05) is 11.9 Å². The first-order valence-corrected chi connectivity index (χ1v) is 6.65. The van der Waals surface area contributed by atoms with E-state index in [1.54, 1.807) is 12.3 Å². The van der Waals surface area contributed by atoms with Crippen molar-refractivity contribution in [1.29, 1.82) is 0 Å². The van der Waals surface area contributed by atoms with Gasteiger partial charge in [0.15, 0.2) is 0 Å². The highest BCUT2D eigenvalue weighted by Gasteiger charge is 2.29. The molecule has 0 spiro atoms. The van der Waals surface area contributed by atoms with E-state index in [0.717, 1.165) is 23.7 Å². The van der Waals surface area contributed by atoms with E-state index in [0.29, 0.717) is 5.69 Å². The molecule has 20 heavy (non-hydrogen) atoms. The average Bonchev–Trinajstić information content (AvgIpc) is 3.30. The van der Waals surface area contributed by atoms with Crippen molar-refractivity contribution < 1.29 is 9.59 Å². The first-order chi connectivity index (χ1) is 9.74. The lowest BCUT2D eigenvalue weighted by Crippen LogP contribution is -2.33. The van der Waals surface area contributed by atoms with Crippen LogP contribution >= 0.6 is 0 Å². The van der Waals surface area contributed by atoms with Gasteiger partial charge in [0.2, 0.25) is 11.8 Å². The SMILES string of the molecule is O=C(CNC(=O)C1CC1)Nc1cccc2cccnc12. The molecule has 1 aromatic carbocycles. The second-order valence-electron chi connectivity index (χ2n) is 4.92. The Morgan fingerprint density at radius 1 is 1.20 bits per heavy atom. The van der Waals surface area contributed by atoms with Crippen LogP contribution in [0.5, 0.6) is 0 Å². The van der Waals surface area contributed by atoms with E-state index >= 15 is 0 Å². The van der Waals surface area contributed by atoms with E-state index in [9.17, 15) is 9.59 Å². The fourth-order valence-electron chi connectivity index (χ4n) is 2.06. The standard InChI is InChI=1S/C15H15N3O2/c19-13(9-17-15(20)11-6-7-11)18-12-5-1-3-10-4-2-8-16-14(10)12/h1-5,8,11H,6-7,9H2,(H,17,20)(H,18,19). The summed E-state index contributed by atoms with van der Waals surface area (Å²) in [6.07, 6.45) is 3.55. The smallest absolute Gasteiger partial charge is 0.243 e. The van der Waals surface area contributed by atoms with Crippen LogP contribution in [0.3, 0.4) is 0 Å². The summed E-state index contributed by atoms with van der Waals surface area (Å²) in [6.45, 7) is -0.00143. The van der Waals surface area contributed by atoms with Crippen LogP contribution in [0.4, 0.5) is 5.69 Å². The molecular formula is C15H15N3O2. The molecule has 102 valence electrons. The summed E-state index contributed by atoms with van der Waals surface area (Å²) in [6, 6.07) is 9.39. The molecule has 2 aromatic rings. The Labute approximate surface area is 116 Å². The lowest BCUT2D eigenvalue weighted by molar-refractivity contribution is -0.125. The molecule has 0 bridgehead atoms. The molecule has 5 heteroatoms. The van der Waals surface area contributed by atoms with Crippen LogP contribution in [0.2, 0.25) is 0 Å². The summed E-state index contributed by atoms with van der Waals surface area (Å²) in [5, 5.41) is 6.39. The number of benzene rings is 1. The summed E-state index contributed by atoms with van der Waals surface area (Å²) >= 11 is 0. The molecule has 1 fully saturated rings. The lowest BCUT2D eigenvalue weighted by atomic mass is 10.2. The number of carbonyl (C=O) groups excluding carboxylic acids is 2. The van der Waals surface area contributed by atoms with Gasteiger partial charge >= 0.3 is 0 Å². The minimum Gasteiger partial charge on any atom is -0.347 e. The van der Waals surface area contributed by atoms with Gasteiger partial charge in [0.05, 0.1) is 17.7 Å². The molecule has 0 aliphatic heterocycles. The maximum atomic E-state index is 11.8. The second kappa shape index (κ2) is 5.28. The molecule has 1 heterocycles. The molecule has 2 amide bonds. The number of nitrogens with zero attached hydrogens (tertiary/aromatic N) is 1. The number of rotatable bonds is 4. The third-order valence-corrected chi connectivity index (χ3v) is 3.28. The van der Waals surface area contributed by atoms with Crippen LogP contribution in [0, 0.1) is 5.92 Å². The molecule has 1 aliphatic carbocycles. The van der Waals surface area contributed by atoms with Crippen molar-refractivity contribution in [1.82, 2.24) is 10.3 Å². The van der Waals surface area contributed by atoms with Crippen molar-refractivity contribution in [2.45, 2.75) is 12.8 Å². The molecule has 0 saturated heterocycles. The zero-order chi connectivity index (χ0) is 13.9. The molecule has 5 nitrogen and oxygen atoms in total. The van der Waals surface area contributed by atoms with Crippen LogP contribution in [0.1, 0.15) is 12.8 Å². The summed E-state index contributed by atoms with van der Waals surface area (Å²) in [5.74, 6) is -0.157. The maximum Gasteiger partial charge on any atom is 0.243 e. The minimum absolute atomic E-state index is 0.00143. The van der Waals surface area contributed by atoms with Crippen molar-refractivity contribution in [3.8, 4) is 0 Å². The van der Waals surface area contributed by atoms with E-state index in [1.165, 1.54) is 0 Å². The van der Waals surface area contributed by atoms with Gasteiger partial charge in [-0.1, -0.05) is 18.2 Å². The summed E-state index contributed by atoms with van der Waals surface area (Å²) in [4.78, 5) is 27.6. The number of para-hydroxylation sites is 1. The van der Waals surface area contributed by atoms with Gasteiger partial charge in [-0.3, -0.25) is 14.6 Å². The van der Waals surface area contributed by atoms with Gasteiger partial charge in [0.1, 0.15) is 0 Å². The molecule has 2 N–H and O–H groups in total. The van der Waals surface area contributed by atoms with E-state index in [2.05, 4.69) is 15.6 Å². The Balaban J connectivity index is 1.66. The Hall–Kier alpha value is -2.43. The minimum atomic E-state index is -0.239. The molecule has 1 aromatic heterocycles. The van der Waals surface area contributed by atoms with Gasteiger partial charge in [-0.15, -0.1) is 0 Å². The quantitative estimate of drug-likeness (QED) is 0.887. The highest BCUT2D eigenvalue weighted by molar-refractivity contribution is 6.01. The zero-order valence-electron chi connectivity index (χ0n) is 10.9. The highest BCUT2D eigenvalue weighted by atomic mass is 16.2. The topological polar surface area (TPSA) is 71.1 Å². The monoisotopic (exact) mass is 269 g/mol. The van der Waals surface area contributed by atoms with Crippen LogP contribution in [0.25, 0.3) is 10.9 Å². The normalized spacial score (nSPS) is 14.0. The molecule has 0 unspecified atom stereocenters. The summed E-state index contributed by atoms with van der Waals surface area (Å²) in [5.41, 5.74) is 1.41. The first kappa shape index (κ1) is 12.6. The van der Waals surface area contributed by atoms with Crippen LogP contribution in [0.15, 0.2) is 36.5 Å². The Kier molecular flexibility index (Phi) is 3.33. The fraction of sp³-hybridized carbons (Fsp3) is 0.267. The van der Waals surface area contributed by atoms with Crippen molar-refractivity contribution in [3.05, 3.63) is 36.5 Å². The number of fused-ring (bicyclic) bond motifs is 1. The van der Waals surface area contributed by atoms with Gasteiger partial charge in [-0.2, -0.15) is 0 Å². The Bertz CT molecular complexity index is 660. The van der Waals surface area contributed by atoms with Gasteiger partial charge in [-0.05, 0) is 25.0 Å². The molecular weight excluding hydrogens is 254 g/mol. The van der Waals surface area contributed by atoms with E-state index in [4.69, 9.17) is 0 Å². The third-order valence-electron chi connectivity index (χ3n) is 3.28. The molecule has 1 aliphatic rings. The summed E-state index contributed by atoms with van der Waals surface area (Å²) < 4.78 is 0. The number of pyridine rings is 1. The molecule has 3 rings (SSSR count). The van der Waals surface area contributed by atoms with Crippen molar-refractivity contribution in [2.24, 2.45) is 5.92 Å². The number of hydrogen-bond donors (Lipinski definition) is 2. The molecule has 0 radical (unpaired) electrons. The van der Waals surface area contributed by atoms with Crippen LogP contribution in [-0.2, 0) is 9.59 Å². The number of nitrogens with one attached hydrogen (secondary N) is 2. The number of aromatic nitrogens is 1. The van der Waals surface area contributed by atoms with Crippen LogP contribution < -0.4 is 10.6 Å². The van der Waals surface area contributed by atoms with E-state index in [1.807, 2.05) is 24.3 Å². The van der Waals surface area contributed by atoms with Gasteiger partial charge < -0.3 is 10.6 Å². The van der Waals surface area contributed by atoms with Crippen molar-refractivity contribution >= 4 is 28.4 Å². The first-order valence-electron chi connectivity index (χ1n) is 6.65. The van der Waals surface area contributed by atoms with Crippen molar-refractivity contribution in [3.63, 3.8) is 0 Å². The number of amides is 2. The molecule has 1 saturated carbocycles. The number of hydrogen-bond acceptors (Lipinski definition) is 3.